The lowest BCUT2D eigenvalue weighted by Crippen LogP contribution is -2.02. The average Bonchev–Trinajstić information content (AvgIpc) is 2.66. The molecule has 2 aromatic heterocycles. The molecule has 0 atom stereocenters. The van der Waals surface area contributed by atoms with Crippen molar-refractivity contribution in [1.82, 2.24) is 15.2 Å². The van der Waals surface area contributed by atoms with Crippen molar-refractivity contribution in [3.8, 4) is 0 Å². The van der Waals surface area contributed by atoms with Gasteiger partial charge >= 0.3 is 5.63 Å². The summed E-state index contributed by atoms with van der Waals surface area (Å²) in [5, 5.41) is 8.03. The van der Waals surface area contributed by atoms with Gasteiger partial charge in [-0.05, 0) is 18.6 Å². The molecule has 0 fully saturated rings. The van der Waals surface area contributed by atoms with Crippen LogP contribution in [-0.2, 0) is 0 Å². The van der Waals surface area contributed by atoms with Crippen LogP contribution in [0.5, 0.6) is 0 Å². The standard InChI is InChI=1S/C10H7N3O2/c1-5-2-6-3-12-13-9(6)7-8(5)11-4-15-10(7)14/h2-4H,1H3,(H,12,13). The van der Waals surface area contributed by atoms with Gasteiger partial charge in [0.1, 0.15) is 5.39 Å². The molecule has 74 valence electrons. The molecule has 15 heavy (non-hydrogen) atoms. The lowest BCUT2D eigenvalue weighted by Gasteiger charge is -1.99. The van der Waals surface area contributed by atoms with Gasteiger partial charge in [-0.2, -0.15) is 5.10 Å². The first-order chi connectivity index (χ1) is 7.27. The molecule has 0 amide bonds. The second kappa shape index (κ2) is 2.66. The van der Waals surface area contributed by atoms with Crippen LogP contribution in [0.2, 0.25) is 0 Å². The van der Waals surface area contributed by atoms with Crippen molar-refractivity contribution >= 4 is 21.8 Å². The van der Waals surface area contributed by atoms with Crippen LogP contribution in [-0.4, -0.2) is 15.2 Å². The lowest BCUT2D eigenvalue weighted by atomic mass is 10.1. The van der Waals surface area contributed by atoms with Crippen LogP contribution in [0.1, 0.15) is 5.56 Å². The molecule has 0 saturated carbocycles. The lowest BCUT2D eigenvalue weighted by molar-refractivity contribution is 0.501. The van der Waals surface area contributed by atoms with E-state index in [1.54, 1.807) is 6.20 Å². The van der Waals surface area contributed by atoms with Gasteiger partial charge < -0.3 is 4.42 Å². The van der Waals surface area contributed by atoms with E-state index in [1.807, 2.05) is 13.0 Å². The summed E-state index contributed by atoms with van der Waals surface area (Å²) in [6.45, 7) is 1.90. The van der Waals surface area contributed by atoms with Gasteiger partial charge in [-0.25, -0.2) is 9.78 Å². The van der Waals surface area contributed by atoms with Crippen molar-refractivity contribution in [2.24, 2.45) is 0 Å². The average molecular weight is 201 g/mol. The van der Waals surface area contributed by atoms with E-state index in [4.69, 9.17) is 4.42 Å². The molecule has 5 nitrogen and oxygen atoms in total. The fourth-order valence-corrected chi connectivity index (χ4v) is 1.77. The van der Waals surface area contributed by atoms with Gasteiger partial charge in [0.2, 0.25) is 0 Å². The third-order valence-corrected chi connectivity index (χ3v) is 2.45. The van der Waals surface area contributed by atoms with Crippen molar-refractivity contribution in [2.75, 3.05) is 0 Å². The van der Waals surface area contributed by atoms with E-state index >= 15 is 0 Å². The van der Waals surface area contributed by atoms with E-state index in [2.05, 4.69) is 15.2 Å². The van der Waals surface area contributed by atoms with Gasteiger partial charge in [-0.3, -0.25) is 5.10 Å². The molecule has 1 aromatic carbocycles. The highest BCUT2D eigenvalue weighted by Crippen LogP contribution is 2.22. The minimum atomic E-state index is -0.391. The Morgan fingerprint density at radius 1 is 1.47 bits per heavy atom. The van der Waals surface area contributed by atoms with Gasteiger partial charge in [0, 0.05) is 5.39 Å². The molecular weight excluding hydrogens is 194 g/mol. The molecule has 3 aromatic rings. The van der Waals surface area contributed by atoms with Gasteiger partial charge in [-0.1, -0.05) is 0 Å². The van der Waals surface area contributed by atoms with Gasteiger partial charge in [-0.15, -0.1) is 0 Å². The van der Waals surface area contributed by atoms with Crippen molar-refractivity contribution in [3.05, 3.63) is 34.6 Å². The van der Waals surface area contributed by atoms with E-state index in [0.717, 1.165) is 10.9 Å². The zero-order chi connectivity index (χ0) is 10.4. The van der Waals surface area contributed by atoms with Crippen LogP contribution in [0.25, 0.3) is 21.8 Å². The second-order valence-corrected chi connectivity index (χ2v) is 3.39. The molecule has 0 bridgehead atoms. The molecule has 0 spiro atoms. The summed E-state index contributed by atoms with van der Waals surface area (Å²) in [4.78, 5) is 15.6. The Morgan fingerprint density at radius 2 is 2.33 bits per heavy atom. The molecule has 0 aliphatic heterocycles. The van der Waals surface area contributed by atoms with Crippen LogP contribution < -0.4 is 5.63 Å². The minimum Gasteiger partial charge on any atom is -0.411 e. The first-order valence-electron chi connectivity index (χ1n) is 4.47. The van der Waals surface area contributed by atoms with Crippen LogP contribution in [0.3, 0.4) is 0 Å². The number of aromatic nitrogens is 3. The number of nitrogens with zero attached hydrogens (tertiary/aromatic N) is 2. The molecule has 0 unspecified atom stereocenters. The number of aryl methyl sites for hydroxylation is 1. The molecule has 0 aliphatic rings. The molecule has 0 saturated heterocycles. The van der Waals surface area contributed by atoms with Crippen LogP contribution in [0, 0.1) is 6.92 Å². The van der Waals surface area contributed by atoms with E-state index in [0.29, 0.717) is 16.4 Å². The summed E-state index contributed by atoms with van der Waals surface area (Å²) in [7, 11) is 0. The highest BCUT2D eigenvalue weighted by atomic mass is 16.4. The number of benzene rings is 1. The Morgan fingerprint density at radius 3 is 3.20 bits per heavy atom. The first-order valence-corrected chi connectivity index (χ1v) is 4.47. The van der Waals surface area contributed by atoms with Crippen LogP contribution in [0.4, 0.5) is 0 Å². The van der Waals surface area contributed by atoms with Crippen LogP contribution in [0.15, 0.2) is 27.9 Å². The zero-order valence-electron chi connectivity index (χ0n) is 7.94. The predicted octanol–water partition coefficient (Wildman–Crippen LogP) is 1.37. The molecular formula is C10H7N3O2. The minimum absolute atomic E-state index is 0.391. The normalized spacial score (nSPS) is 11.3. The van der Waals surface area contributed by atoms with E-state index in [1.165, 1.54) is 6.39 Å². The van der Waals surface area contributed by atoms with Gasteiger partial charge in [0.25, 0.3) is 0 Å². The maximum absolute atomic E-state index is 11.6. The number of aromatic amines is 1. The monoisotopic (exact) mass is 201 g/mol. The Bertz CT molecular complexity index is 711. The zero-order valence-corrected chi connectivity index (χ0v) is 7.94. The Balaban J connectivity index is 2.76. The number of H-pyrrole nitrogens is 1. The topological polar surface area (TPSA) is 71.8 Å². The fraction of sp³-hybridized carbons (Fsp3) is 0.100. The molecule has 5 heteroatoms. The molecule has 3 rings (SSSR count). The smallest absolute Gasteiger partial charge is 0.348 e. The summed E-state index contributed by atoms with van der Waals surface area (Å²) in [5.41, 5.74) is 1.88. The van der Waals surface area contributed by atoms with Crippen molar-refractivity contribution in [3.63, 3.8) is 0 Å². The maximum atomic E-state index is 11.6. The Kier molecular flexibility index (Phi) is 1.45. The molecule has 2 heterocycles. The van der Waals surface area contributed by atoms with Crippen LogP contribution >= 0.6 is 0 Å². The largest absolute Gasteiger partial charge is 0.411 e. The SMILES string of the molecule is Cc1cc2cn[nH]c2c2c(=O)ocnc12. The summed E-state index contributed by atoms with van der Waals surface area (Å²) >= 11 is 0. The summed E-state index contributed by atoms with van der Waals surface area (Å²) in [6, 6.07) is 1.94. The number of fused-ring (bicyclic) bond motifs is 3. The summed E-state index contributed by atoms with van der Waals surface area (Å²) < 4.78 is 4.76. The summed E-state index contributed by atoms with van der Waals surface area (Å²) in [6.07, 6.45) is 2.84. The second-order valence-electron chi connectivity index (χ2n) is 3.39. The van der Waals surface area contributed by atoms with Crippen molar-refractivity contribution in [2.45, 2.75) is 6.92 Å². The predicted molar refractivity (Wildman–Crippen MR) is 54.7 cm³/mol. The summed E-state index contributed by atoms with van der Waals surface area (Å²) in [5.74, 6) is 0. The first kappa shape index (κ1) is 8.16. The third kappa shape index (κ3) is 0.999. The number of hydrogen-bond donors (Lipinski definition) is 1. The number of nitrogens with one attached hydrogen (secondary N) is 1. The van der Waals surface area contributed by atoms with E-state index in [9.17, 15) is 4.79 Å². The Hall–Kier alpha value is -2.17. The molecule has 0 aliphatic carbocycles. The van der Waals surface area contributed by atoms with E-state index < -0.39 is 5.63 Å². The fourth-order valence-electron chi connectivity index (χ4n) is 1.77. The Labute approximate surface area is 83.7 Å². The van der Waals surface area contributed by atoms with Gasteiger partial charge in [0.05, 0.1) is 17.2 Å². The number of rotatable bonds is 0. The number of hydrogen-bond acceptors (Lipinski definition) is 4. The third-order valence-electron chi connectivity index (χ3n) is 2.45. The molecule has 1 N–H and O–H groups in total. The van der Waals surface area contributed by atoms with Crippen molar-refractivity contribution in [1.29, 1.82) is 0 Å². The van der Waals surface area contributed by atoms with Gasteiger partial charge in [0.15, 0.2) is 6.39 Å². The molecule has 0 radical (unpaired) electrons. The van der Waals surface area contributed by atoms with Crippen molar-refractivity contribution < 1.29 is 4.42 Å². The maximum Gasteiger partial charge on any atom is 0.348 e. The highest BCUT2D eigenvalue weighted by Gasteiger charge is 2.10. The highest BCUT2D eigenvalue weighted by molar-refractivity contribution is 6.04. The van der Waals surface area contributed by atoms with E-state index in [-0.39, 0.29) is 0 Å². The quantitative estimate of drug-likeness (QED) is 0.596.